The van der Waals surface area contributed by atoms with Gasteiger partial charge >= 0.3 is 5.97 Å². The van der Waals surface area contributed by atoms with Crippen LogP contribution >= 0.6 is 0 Å². The molecule has 0 atom stereocenters. The predicted octanol–water partition coefficient (Wildman–Crippen LogP) is 1.80. The van der Waals surface area contributed by atoms with Crippen LogP contribution in [0.5, 0.6) is 11.5 Å². The molecule has 0 saturated carbocycles. The molecule has 1 N–H and O–H groups in total. The largest absolute Gasteiger partial charge is 0.493 e. The summed E-state index contributed by atoms with van der Waals surface area (Å²) in [6, 6.07) is 5.26. The molecule has 15 heavy (non-hydrogen) atoms. The van der Waals surface area contributed by atoms with E-state index in [0.29, 0.717) is 17.1 Å². The second-order valence-electron chi connectivity index (χ2n) is 2.75. The number of benzene rings is 1. The van der Waals surface area contributed by atoms with Crippen molar-refractivity contribution in [1.82, 2.24) is 0 Å². The third-order valence-corrected chi connectivity index (χ3v) is 1.84. The van der Waals surface area contributed by atoms with Crippen molar-refractivity contribution in [2.24, 2.45) is 0 Å². The number of para-hydroxylation sites is 1. The molecule has 0 saturated heterocycles. The summed E-state index contributed by atoms with van der Waals surface area (Å²) in [5.74, 6) is 0.0995. The first kappa shape index (κ1) is 11.1. The number of carboxylic acids is 1. The van der Waals surface area contributed by atoms with Crippen LogP contribution < -0.4 is 9.47 Å². The SMILES string of the molecule is COc1cccc(/C=C/C(=O)O)c1OC. The van der Waals surface area contributed by atoms with E-state index >= 15 is 0 Å². The molecule has 0 bridgehead atoms. The number of carboxylic acid groups (broad SMARTS) is 1. The molecule has 0 amide bonds. The smallest absolute Gasteiger partial charge is 0.328 e. The molecule has 4 nitrogen and oxygen atoms in total. The summed E-state index contributed by atoms with van der Waals surface area (Å²) >= 11 is 0. The highest BCUT2D eigenvalue weighted by atomic mass is 16.5. The molecule has 0 unspecified atom stereocenters. The summed E-state index contributed by atoms with van der Waals surface area (Å²) in [5.41, 5.74) is 0.666. The minimum absolute atomic E-state index is 0.525. The molecule has 0 heterocycles. The summed E-state index contributed by atoms with van der Waals surface area (Å²) in [6.45, 7) is 0. The number of ether oxygens (including phenoxy) is 2. The molecule has 0 aliphatic heterocycles. The van der Waals surface area contributed by atoms with Gasteiger partial charge in [-0.25, -0.2) is 4.79 Å². The van der Waals surface area contributed by atoms with Crippen LogP contribution in [-0.4, -0.2) is 25.3 Å². The lowest BCUT2D eigenvalue weighted by atomic mass is 10.1. The number of aliphatic carboxylic acids is 1. The van der Waals surface area contributed by atoms with Gasteiger partial charge in [0.25, 0.3) is 0 Å². The maximum Gasteiger partial charge on any atom is 0.328 e. The molecule has 0 spiro atoms. The monoisotopic (exact) mass is 208 g/mol. The first-order chi connectivity index (χ1) is 7.19. The lowest BCUT2D eigenvalue weighted by Crippen LogP contribution is -1.93. The van der Waals surface area contributed by atoms with Crippen molar-refractivity contribution >= 4 is 12.0 Å². The third-order valence-electron chi connectivity index (χ3n) is 1.84. The van der Waals surface area contributed by atoms with Crippen molar-refractivity contribution in [2.75, 3.05) is 14.2 Å². The van der Waals surface area contributed by atoms with E-state index in [1.165, 1.54) is 20.3 Å². The zero-order valence-corrected chi connectivity index (χ0v) is 8.56. The molecule has 1 aromatic carbocycles. The van der Waals surface area contributed by atoms with Gasteiger partial charge in [-0.05, 0) is 12.1 Å². The van der Waals surface area contributed by atoms with Crippen molar-refractivity contribution in [3.8, 4) is 11.5 Å². The van der Waals surface area contributed by atoms with E-state index in [1.807, 2.05) is 0 Å². The van der Waals surface area contributed by atoms with E-state index in [-0.39, 0.29) is 0 Å². The van der Waals surface area contributed by atoms with Crippen LogP contribution in [-0.2, 0) is 4.79 Å². The average molecular weight is 208 g/mol. The zero-order valence-electron chi connectivity index (χ0n) is 8.56. The van der Waals surface area contributed by atoms with Crippen molar-refractivity contribution in [1.29, 1.82) is 0 Å². The Bertz CT molecular complexity index is 382. The molecular weight excluding hydrogens is 196 g/mol. The van der Waals surface area contributed by atoms with Gasteiger partial charge in [-0.3, -0.25) is 0 Å². The number of carbonyl (C=O) groups is 1. The molecule has 0 aromatic heterocycles. The van der Waals surface area contributed by atoms with Crippen molar-refractivity contribution in [3.05, 3.63) is 29.8 Å². The number of hydrogen-bond donors (Lipinski definition) is 1. The van der Waals surface area contributed by atoms with Crippen LogP contribution in [0.15, 0.2) is 24.3 Å². The second-order valence-corrected chi connectivity index (χ2v) is 2.75. The molecule has 0 radical (unpaired) electrons. The van der Waals surface area contributed by atoms with Gasteiger partial charge in [0.2, 0.25) is 0 Å². The van der Waals surface area contributed by atoms with Gasteiger partial charge in [0.1, 0.15) is 0 Å². The van der Waals surface area contributed by atoms with Crippen LogP contribution in [0.3, 0.4) is 0 Å². The number of hydrogen-bond acceptors (Lipinski definition) is 3. The summed E-state index contributed by atoms with van der Waals surface area (Å²) < 4.78 is 10.2. The fourth-order valence-electron chi connectivity index (χ4n) is 1.20. The van der Waals surface area contributed by atoms with Gasteiger partial charge in [0.15, 0.2) is 11.5 Å². The highest BCUT2D eigenvalue weighted by Gasteiger charge is 2.06. The fraction of sp³-hybridized carbons (Fsp3) is 0.182. The summed E-state index contributed by atoms with van der Waals surface area (Å²) in [7, 11) is 3.04. The zero-order chi connectivity index (χ0) is 11.3. The molecule has 0 aliphatic carbocycles. The van der Waals surface area contributed by atoms with Gasteiger partial charge in [-0.2, -0.15) is 0 Å². The summed E-state index contributed by atoms with van der Waals surface area (Å²) in [5, 5.41) is 8.51. The highest BCUT2D eigenvalue weighted by molar-refractivity contribution is 5.86. The van der Waals surface area contributed by atoms with Crippen molar-refractivity contribution < 1.29 is 19.4 Å². The normalized spacial score (nSPS) is 10.3. The van der Waals surface area contributed by atoms with Gasteiger partial charge in [-0.15, -0.1) is 0 Å². The van der Waals surface area contributed by atoms with Crippen LogP contribution in [0.25, 0.3) is 6.08 Å². The Morgan fingerprint density at radius 1 is 1.33 bits per heavy atom. The van der Waals surface area contributed by atoms with E-state index in [4.69, 9.17) is 14.6 Å². The quantitative estimate of drug-likeness (QED) is 0.766. The maximum atomic E-state index is 10.4. The van der Waals surface area contributed by atoms with E-state index in [0.717, 1.165) is 6.08 Å². The molecule has 1 aromatic rings. The van der Waals surface area contributed by atoms with E-state index in [1.54, 1.807) is 18.2 Å². The Kier molecular flexibility index (Phi) is 3.74. The topological polar surface area (TPSA) is 55.8 Å². The average Bonchev–Trinajstić information content (AvgIpc) is 2.25. The van der Waals surface area contributed by atoms with Crippen LogP contribution in [0.4, 0.5) is 0 Å². The molecule has 0 fully saturated rings. The van der Waals surface area contributed by atoms with E-state index in [2.05, 4.69) is 0 Å². The van der Waals surface area contributed by atoms with Crippen LogP contribution in [0.2, 0.25) is 0 Å². The summed E-state index contributed by atoms with van der Waals surface area (Å²) in [6.07, 6.45) is 2.51. The maximum absolute atomic E-state index is 10.4. The lowest BCUT2D eigenvalue weighted by molar-refractivity contribution is -0.131. The van der Waals surface area contributed by atoms with Crippen molar-refractivity contribution in [3.63, 3.8) is 0 Å². The standard InChI is InChI=1S/C11H12O4/c1-14-9-5-3-4-8(11(9)15-2)6-7-10(12)13/h3-7H,1-2H3,(H,12,13)/b7-6+. The first-order valence-corrected chi connectivity index (χ1v) is 4.31. The Morgan fingerprint density at radius 3 is 2.60 bits per heavy atom. The molecule has 1 rings (SSSR count). The van der Waals surface area contributed by atoms with Crippen LogP contribution in [0, 0.1) is 0 Å². The van der Waals surface area contributed by atoms with Gasteiger partial charge in [-0.1, -0.05) is 12.1 Å². The first-order valence-electron chi connectivity index (χ1n) is 4.31. The Morgan fingerprint density at radius 2 is 2.07 bits per heavy atom. The Labute approximate surface area is 87.7 Å². The molecule has 0 aliphatic rings. The van der Waals surface area contributed by atoms with E-state index in [9.17, 15) is 4.79 Å². The predicted molar refractivity (Wildman–Crippen MR) is 56.2 cm³/mol. The number of methoxy groups -OCH3 is 2. The fourth-order valence-corrected chi connectivity index (χ4v) is 1.20. The Hall–Kier alpha value is -1.97. The molecule has 4 heteroatoms. The second kappa shape index (κ2) is 5.05. The Balaban J connectivity index is 3.11. The third kappa shape index (κ3) is 2.74. The number of rotatable bonds is 4. The minimum atomic E-state index is -1.00. The molecule has 80 valence electrons. The lowest BCUT2D eigenvalue weighted by Gasteiger charge is -2.09. The van der Waals surface area contributed by atoms with Gasteiger partial charge in [0.05, 0.1) is 14.2 Å². The van der Waals surface area contributed by atoms with Gasteiger partial charge in [0, 0.05) is 11.6 Å². The van der Waals surface area contributed by atoms with E-state index < -0.39 is 5.97 Å². The minimum Gasteiger partial charge on any atom is -0.493 e. The highest BCUT2D eigenvalue weighted by Crippen LogP contribution is 2.31. The van der Waals surface area contributed by atoms with Gasteiger partial charge < -0.3 is 14.6 Å². The molecular formula is C11H12O4. The van der Waals surface area contributed by atoms with Crippen molar-refractivity contribution in [2.45, 2.75) is 0 Å². The summed E-state index contributed by atoms with van der Waals surface area (Å²) in [4.78, 5) is 10.4. The van der Waals surface area contributed by atoms with Crippen LogP contribution in [0.1, 0.15) is 5.56 Å².